The van der Waals surface area contributed by atoms with Crippen LogP contribution in [-0.4, -0.2) is 41.3 Å². The van der Waals surface area contributed by atoms with Gasteiger partial charge < -0.3 is 9.47 Å². The summed E-state index contributed by atoms with van der Waals surface area (Å²) in [5.41, 5.74) is 3.21. The largest absolute Gasteiger partial charge is 0.497 e. The molecule has 1 N–H and O–H groups in total. The molecule has 11 heteroatoms. The van der Waals surface area contributed by atoms with E-state index >= 15 is 0 Å². The van der Waals surface area contributed by atoms with Crippen LogP contribution in [-0.2, 0) is 14.8 Å². The number of carbonyl (C=O) groups is 1. The maximum absolute atomic E-state index is 13.4. The smallest absolute Gasteiger partial charge is 0.264 e. The van der Waals surface area contributed by atoms with Crippen LogP contribution in [0.3, 0.4) is 0 Å². The van der Waals surface area contributed by atoms with Crippen LogP contribution in [0.4, 0.5) is 5.69 Å². The maximum Gasteiger partial charge on any atom is 0.264 e. The average molecular weight is 567 g/mol. The lowest BCUT2D eigenvalue weighted by Gasteiger charge is -2.24. The number of hydrogen-bond donors (Lipinski definition) is 1. The Labute approximate surface area is 211 Å². The van der Waals surface area contributed by atoms with E-state index in [4.69, 9.17) is 21.1 Å². The lowest BCUT2D eigenvalue weighted by atomic mass is 10.2. The summed E-state index contributed by atoms with van der Waals surface area (Å²) in [6.07, 6.45) is 1.41. The van der Waals surface area contributed by atoms with Gasteiger partial charge in [0.15, 0.2) is 0 Å². The summed E-state index contributed by atoms with van der Waals surface area (Å²) in [5, 5.41) is 4.27. The Morgan fingerprint density at radius 1 is 1.09 bits per heavy atom. The number of hydrazone groups is 1. The van der Waals surface area contributed by atoms with Gasteiger partial charge in [-0.2, -0.15) is 5.10 Å². The molecule has 1 amide bonds. The van der Waals surface area contributed by atoms with Crippen LogP contribution < -0.4 is 19.2 Å². The van der Waals surface area contributed by atoms with Crippen LogP contribution in [0.5, 0.6) is 11.5 Å². The number of anilines is 1. The Balaban J connectivity index is 1.86. The lowest BCUT2D eigenvalue weighted by Crippen LogP contribution is -2.39. The van der Waals surface area contributed by atoms with Gasteiger partial charge in [0.2, 0.25) is 0 Å². The molecule has 0 radical (unpaired) electrons. The van der Waals surface area contributed by atoms with E-state index < -0.39 is 22.5 Å². The second-order valence-corrected chi connectivity index (χ2v) is 10.1. The summed E-state index contributed by atoms with van der Waals surface area (Å²) < 4.78 is 38.9. The van der Waals surface area contributed by atoms with Crippen molar-refractivity contribution in [1.82, 2.24) is 5.43 Å². The molecule has 3 aromatic rings. The van der Waals surface area contributed by atoms with Crippen molar-refractivity contribution in [2.75, 3.05) is 25.1 Å². The van der Waals surface area contributed by atoms with E-state index in [0.29, 0.717) is 22.1 Å². The van der Waals surface area contributed by atoms with Crippen molar-refractivity contribution < 1.29 is 22.7 Å². The third kappa shape index (κ3) is 6.28. The van der Waals surface area contributed by atoms with Crippen molar-refractivity contribution in [3.8, 4) is 11.5 Å². The van der Waals surface area contributed by atoms with E-state index in [1.54, 1.807) is 30.3 Å². The molecule has 178 valence electrons. The number of hydrogen-bond acceptors (Lipinski definition) is 6. The minimum Gasteiger partial charge on any atom is -0.497 e. The first-order valence-corrected chi connectivity index (χ1v) is 12.4. The van der Waals surface area contributed by atoms with Crippen LogP contribution in [0.1, 0.15) is 5.56 Å². The van der Waals surface area contributed by atoms with E-state index in [9.17, 15) is 13.2 Å². The molecule has 0 saturated carbocycles. The number of methoxy groups -OCH3 is 2. The number of sulfonamides is 1. The molecule has 0 aliphatic rings. The zero-order chi connectivity index (χ0) is 24.7. The molecule has 0 aliphatic heterocycles. The number of benzene rings is 3. The van der Waals surface area contributed by atoms with Gasteiger partial charge in [-0.25, -0.2) is 13.8 Å². The molecular formula is C23H21BrClN3O5S. The van der Waals surface area contributed by atoms with Crippen LogP contribution in [0.25, 0.3) is 0 Å². The molecule has 0 aliphatic carbocycles. The number of halogens is 2. The van der Waals surface area contributed by atoms with Crippen molar-refractivity contribution in [3.05, 3.63) is 81.8 Å². The number of rotatable bonds is 9. The van der Waals surface area contributed by atoms with Gasteiger partial charge in [0.1, 0.15) is 18.0 Å². The van der Waals surface area contributed by atoms with Gasteiger partial charge in [-0.15, -0.1) is 0 Å². The lowest BCUT2D eigenvalue weighted by molar-refractivity contribution is -0.119. The monoisotopic (exact) mass is 565 g/mol. The number of amides is 1. The van der Waals surface area contributed by atoms with Gasteiger partial charge in [-0.1, -0.05) is 33.6 Å². The van der Waals surface area contributed by atoms with E-state index in [2.05, 4.69) is 26.5 Å². The molecule has 8 nitrogen and oxygen atoms in total. The Hall–Kier alpha value is -3.08. The highest BCUT2D eigenvalue weighted by Crippen LogP contribution is 2.27. The third-order valence-electron chi connectivity index (χ3n) is 4.62. The summed E-state index contributed by atoms with van der Waals surface area (Å²) >= 11 is 9.44. The second kappa shape index (κ2) is 11.4. The highest BCUT2D eigenvalue weighted by molar-refractivity contribution is 9.10. The molecule has 0 unspecified atom stereocenters. The van der Waals surface area contributed by atoms with Crippen LogP contribution in [0.15, 0.2) is 81.2 Å². The molecule has 0 spiro atoms. The summed E-state index contributed by atoms with van der Waals surface area (Å²) in [7, 11) is -1.10. The summed E-state index contributed by atoms with van der Waals surface area (Å²) in [5.74, 6) is 0.412. The van der Waals surface area contributed by atoms with E-state index in [1.165, 1.54) is 50.8 Å². The average Bonchev–Trinajstić information content (AvgIpc) is 2.82. The first-order valence-electron chi connectivity index (χ1n) is 9.82. The zero-order valence-corrected chi connectivity index (χ0v) is 21.4. The molecule has 0 fully saturated rings. The predicted molar refractivity (Wildman–Crippen MR) is 135 cm³/mol. The van der Waals surface area contributed by atoms with Gasteiger partial charge in [-0.05, 0) is 60.7 Å². The fourth-order valence-corrected chi connectivity index (χ4v) is 4.94. The first-order chi connectivity index (χ1) is 16.2. The fraction of sp³-hybridized carbons (Fsp3) is 0.130. The first kappa shape index (κ1) is 25.5. The maximum atomic E-state index is 13.4. The highest BCUT2D eigenvalue weighted by atomic mass is 79.9. The van der Waals surface area contributed by atoms with Crippen molar-refractivity contribution in [3.63, 3.8) is 0 Å². The normalized spacial score (nSPS) is 11.3. The standard InChI is InChI=1S/C23H21BrClN3O5S/c1-32-20-7-9-21(10-8-20)34(30,31)28(19-5-3-4-18(25)13-19)15-23(29)27-26-14-16-12-17(24)6-11-22(16)33-2/h3-14H,15H2,1-2H3,(H,27,29)/b26-14-. The van der Waals surface area contributed by atoms with Crippen molar-refractivity contribution in [2.45, 2.75) is 4.90 Å². The summed E-state index contributed by atoms with van der Waals surface area (Å²) in [4.78, 5) is 12.7. The number of carbonyl (C=O) groups excluding carboxylic acids is 1. The van der Waals surface area contributed by atoms with Crippen LogP contribution >= 0.6 is 27.5 Å². The molecule has 0 bridgehead atoms. The van der Waals surface area contributed by atoms with Gasteiger partial charge in [0, 0.05) is 15.1 Å². The van der Waals surface area contributed by atoms with E-state index in [1.807, 2.05) is 6.07 Å². The fourth-order valence-electron chi connectivity index (χ4n) is 2.97. The van der Waals surface area contributed by atoms with Crippen molar-refractivity contribution >= 4 is 55.4 Å². The molecule has 3 rings (SSSR count). The molecule has 0 aromatic heterocycles. The molecule has 0 saturated heterocycles. The van der Waals surface area contributed by atoms with Crippen LogP contribution in [0, 0.1) is 0 Å². The van der Waals surface area contributed by atoms with Gasteiger partial charge in [-0.3, -0.25) is 9.10 Å². The Morgan fingerprint density at radius 3 is 2.47 bits per heavy atom. The second-order valence-electron chi connectivity index (χ2n) is 6.85. The molecule has 3 aromatic carbocycles. The van der Waals surface area contributed by atoms with Gasteiger partial charge in [0.25, 0.3) is 15.9 Å². The van der Waals surface area contributed by atoms with Crippen LogP contribution in [0.2, 0.25) is 5.02 Å². The molecule has 0 atom stereocenters. The van der Waals surface area contributed by atoms with Crippen molar-refractivity contribution in [2.24, 2.45) is 5.10 Å². The van der Waals surface area contributed by atoms with Gasteiger partial charge in [0.05, 0.1) is 31.0 Å². The van der Waals surface area contributed by atoms with Crippen molar-refractivity contribution in [1.29, 1.82) is 0 Å². The Morgan fingerprint density at radius 2 is 1.82 bits per heavy atom. The minimum absolute atomic E-state index is 0.0107. The summed E-state index contributed by atoms with van der Waals surface area (Å²) in [6.45, 7) is -0.526. The number of ether oxygens (including phenoxy) is 2. The predicted octanol–water partition coefficient (Wildman–Crippen LogP) is 4.47. The molecular weight excluding hydrogens is 546 g/mol. The third-order valence-corrected chi connectivity index (χ3v) is 7.13. The number of nitrogens with one attached hydrogen (secondary N) is 1. The Bertz CT molecular complexity index is 1300. The quantitative estimate of drug-likeness (QED) is 0.305. The molecule has 0 heterocycles. The topological polar surface area (TPSA) is 97.3 Å². The highest BCUT2D eigenvalue weighted by Gasteiger charge is 2.27. The SMILES string of the molecule is COc1ccc(S(=O)(=O)N(CC(=O)N/N=C\c2cc(Br)ccc2OC)c2cccc(Cl)c2)cc1. The summed E-state index contributed by atoms with van der Waals surface area (Å²) in [6, 6.07) is 17.4. The van der Waals surface area contributed by atoms with E-state index in [-0.39, 0.29) is 10.6 Å². The zero-order valence-electron chi connectivity index (χ0n) is 18.2. The molecule has 34 heavy (non-hydrogen) atoms. The minimum atomic E-state index is -4.10. The van der Waals surface area contributed by atoms with E-state index in [0.717, 1.165) is 8.78 Å². The Kier molecular flexibility index (Phi) is 8.54. The number of nitrogens with zero attached hydrogens (tertiary/aromatic N) is 2. The van der Waals surface area contributed by atoms with Gasteiger partial charge >= 0.3 is 0 Å².